The molecule has 0 aromatic heterocycles. The van der Waals surface area contributed by atoms with Crippen LogP contribution in [0.3, 0.4) is 0 Å². The summed E-state index contributed by atoms with van der Waals surface area (Å²) in [7, 11) is 0. The van der Waals surface area contributed by atoms with Gasteiger partial charge in [0.25, 0.3) is 0 Å². The van der Waals surface area contributed by atoms with E-state index in [1.165, 1.54) is 34.7 Å². The minimum atomic E-state index is 0. The molecule has 0 heterocycles. The Morgan fingerprint density at radius 1 is 0.769 bits per heavy atom. The predicted octanol–water partition coefficient (Wildman–Crippen LogP) is 2.94. The first kappa shape index (κ1) is 8.78. The molecule has 3 rings (SSSR count). The maximum absolute atomic E-state index is 2.25. The number of aryl methyl sites for hydroxylation is 2. The zero-order valence-electron chi connectivity index (χ0n) is 7.19. The van der Waals surface area contributed by atoms with Crippen molar-refractivity contribution in [3.8, 4) is 0 Å². The van der Waals surface area contributed by atoms with Gasteiger partial charge in [-0.05, 0) is 34.7 Å². The molecule has 0 radical (unpaired) electrons. The van der Waals surface area contributed by atoms with Crippen LogP contribution in [0.1, 0.15) is 11.1 Å². The van der Waals surface area contributed by atoms with Gasteiger partial charge in [0, 0.05) is 0 Å². The molecular weight excluding hydrogens is 203 g/mol. The van der Waals surface area contributed by atoms with E-state index in [0.717, 1.165) is 0 Å². The molecular formula is C12H10Ni+2. The summed E-state index contributed by atoms with van der Waals surface area (Å²) in [6.45, 7) is 0. The van der Waals surface area contributed by atoms with Gasteiger partial charge in [-0.3, -0.25) is 0 Å². The summed E-state index contributed by atoms with van der Waals surface area (Å²) < 4.78 is 0. The smallest absolute Gasteiger partial charge is 0.0614 e. The van der Waals surface area contributed by atoms with Crippen molar-refractivity contribution in [3.63, 3.8) is 0 Å². The third-order valence-electron chi connectivity index (χ3n) is 2.74. The standard InChI is InChI=1S/C12H10.Ni/c1-3-9-4-2-6-11-8-7-10(5-1)12(9)11;/h1-6H,7-8H2;/q;+2. The van der Waals surface area contributed by atoms with Gasteiger partial charge in [-0.1, -0.05) is 36.4 Å². The first-order valence-electron chi connectivity index (χ1n) is 4.45. The van der Waals surface area contributed by atoms with Crippen molar-refractivity contribution in [3.05, 3.63) is 47.5 Å². The van der Waals surface area contributed by atoms with Gasteiger partial charge in [0.1, 0.15) is 0 Å². The van der Waals surface area contributed by atoms with Crippen LogP contribution < -0.4 is 0 Å². The molecule has 2 aromatic carbocycles. The molecule has 0 unspecified atom stereocenters. The maximum atomic E-state index is 2.25. The van der Waals surface area contributed by atoms with E-state index in [2.05, 4.69) is 36.4 Å². The summed E-state index contributed by atoms with van der Waals surface area (Å²) in [6, 6.07) is 13.2. The topological polar surface area (TPSA) is 0 Å². The molecule has 0 saturated heterocycles. The Labute approximate surface area is 87.9 Å². The molecule has 0 atom stereocenters. The van der Waals surface area contributed by atoms with Crippen LogP contribution in [-0.2, 0) is 29.3 Å². The van der Waals surface area contributed by atoms with E-state index in [0.29, 0.717) is 0 Å². The molecule has 2 aromatic rings. The number of hydrogen-bond donors (Lipinski definition) is 0. The van der Waals surface area contributed by atoms with E-state index in [-0.39, 0.29) is 16.5 Å². The Kier molecular flexibility index (Phi) is 2.13. The van der Waals surface area contributed by atoms with Gasteiger partial charge in [0.15, 0.2) is 0 Å². The summed E-state index contributed by atoms with van der Waals surface area (Å²) in [4.78, 5) is 0. The average Bonchev–Trinajstić information content (AvgIpc) is 2.52. The Balaban J connectivity index is 0.000000653. The van der Waals surface area contributed by atoms with Crippen molar-refractivity contribution in [2.45, 2.75) is 12.8 Å². The van der Waals surface area contributed by atoms with E-state index < -0.39 is 0 Å². The quantitative estimate of drug-likeness (QED) is 0.590. The Hall–Kier alpha value is -0.806. The minimum Gasteiger partial charge on any atom is -0.0614 e. The third kappa shape index (κ3) is 1.19. The molecule has 1 heteroatoms. The molecule has 0 bridgehead atoms. The first-order chi connectivity index (χ1) is 5.95. The van der Waals surface area contributed by atoms with Gasteiger partial charge < -0.3 is 0 Å². The SMILES string of the molecule is [Ni+2].c1cc2c3c(cccc3c1)CC2. The Bertz CT molecular complexity index is 407. The van der Waals surface area contributed by atoms with Crippen molar-refractivity contribution >= 4 is 10.8 Å². The van der Waals surface area contributed by atoms with E-state index in [9.17, 15) is 0 Å². The van der Waals surface area contributed by atoms with Crippen molar-refractivity contribution < 1.29 is 16.5 Å². The zero-order chi connectivity index (χ0) is 7.97. The molecule has 0 N–H and O–H groups in total. The molecule has 1 aliphatic carbocycles. The first-order valence-corrected chi connectivity index (χ1v) is 4.45. The van der Waals surface area contributed by atoms with Gasteiger partial charge in [-0.25, -0.2) is 0 Å². The second-order valence-corrected chi connectivity index (χ2v) is 3.43. The summed E-state index contributed by atoms with van der Waals surface area (Å²) in [5.41, 5.74) is 3.06. The van der Waals surface area contributed by atoms with Gasteiger partial charge in [-0.2, -0.15) is 0 Å². The van der Waals surface area contributed by atoms with Crippen LogP contribution in [0, 0.1) is 0 Å². The van der Waals surface area contributed by atoms with Crippen LogP contribution in [0.15, 0.2) is 36.4 Å². The molecule has 13 heavy (non-hydrogen) atoms. The fraction of sp³-hybridized carbons (Fsp3) is 0.167. The van der Waals surface area contributed by atoms with E-state index in [4.69, 9.17) is 0 Å². The number of hydrogen-bond acceptors (Lipinski definition) is 0. The molecule has 66 valence electrons. The fourth-order valence-corrected chi connectivity index (χ4v) is 2.19. The zero-order valence-corrected chi connectivity index (χ0v) is 8.18. The van der Waals surface area contributed by atoms with Gasteiger partial charge in [-0.15, -0.1) is 0 Å². The molecule has 0 saturated carbocycles. The molecule has 0 fully saturated rings. The van der Waals surface area contributed by atoms with E-state index in [1.54, 1.807) is 0 Å². The molecule has 0 spiro atoms. The largest absolute Gasteiger partial charge is 2.00 e. The fourth-order valence-electron chi connectivity index (χ4n) is 2.19. The van der Waals surface area contributed by atoms with E-state index >= 15 is 0 Å². The maximum Gasteiger partial charge on any atom is 2.00 e. The summed E-state index contributed by atoms with van der Waals surface area (Å²) in [5.74, 6) is 0. The monoisotopic (exact) mass is 212 g/mol. The third-order valence-corrected chi connectivity index (χ3v) is 2.74. The summed E-state index contributed by atoms with van der Waals surface area (Å²) >= 11 is 0. The van der Waals surface area contributed by atoms with Crippen LogP contribution in [0.2, 0.25) is 0 Å². The van der Waals surface area contributed by atoms with Gasteiger partial charge >= 0.3 is 16.5 Å². The van der Waals surface area contributed by atoms with Crippen molar-refractivity contribution in [1.82, 2.24) is 0 Å². The van der Waals surface area contributed by atoms with Crippen LogP contribution in [0.4, 0.5) is 0 Å². The van der Waals surface area contributed by atoms with Gasteiger partial charge in [0.05, 0.1) is 0 Å². The summed E-state index contributed by atoms with van der Waals surface area (Å²) in [6.07, 6.45) is 2.47. The second-order valence-electron chi connectivity index (χ2n) is 3.43. The number of benzene rings is 2. The van der Waals surface area contributed by atoms with Crippen LogP contribution >= 0.6 is 0 Å². The number of rotatable bonds is 0. The Morgan fingerprint density at radius 2 is 1.31 bits per heavy atom. The molecule has 0 amide bonds. The molecule has 1 aliphatic rings. The minimum absolute atomic E-state index is 0. The van der Waals surface area contributed by atoms with Crippen LogP contribution in [-0.4, -0.2) is 0 Å². The van der Waals surface area contributed by atoms with Crippen molar-refractivity contribution in [2.24, 2.45) is 0 Å². The predicted molar refractivity (Wildman–Crippen MR) is 51.4 cm³/mol. The van der Waals surface area contributed by atoms with Crippen LogP contribution in [0.25, 0.3) is 10.8 Å². The average molecular weight is 213 g/mol. The molecule has 0 nitrogen and oxygen atoms in total. The molecule has 0 aliphatic heterocycles. The second kappa shape index (κ2) is 3.16. The summed E-state index contributed by atoms with van der Waals surface area (Å²) in [5, 5.41) is 2.92. The normalized spacial score (nSPS) is 12.9. The van der Waals surface area contributed by atoms with Gasteiger partial charge in [0.2, 0.25) is 0 Å². The van der Waals surface area contributed by atoms with Crippen LogP contribution in [0.5, 0.6) is 0 Å². The van der Waals surface area contributed by atoms with Crippen molar-refractivity contribution in [1.29, 1.82) is 0 Å². The van der Waals surface area contributed by atoms with Crippen molar-refractivity contribution in [2.75, 3.05) is 0 Å². The Morgan fingerprint density at radius 3 is 1.85 bits per heavy atom. The van der Waals surface area contributed by atoms with E-state index in [1.807, 2.05) is 0 Å².